The minimum atomic E-state index is 0.0726. The van der Waals surface area contributed by atoms with Gasteiger partial charge in [-0.1, -0.05) is 48.5 Å². The molecule has 0 bridgehead atoms. The number of benzene rings is 2. The molecule has 0 aliphatic carbocycles. The van der Waals surface area contributed by atoms with Crippen molar-refractivity contribution >= 4 is 16.7 Å². The first-order chi connectivity index (χ1) is 8.83. The summed E-state index contributed by atoms with van der Waals surface area (Å²) in [5, 5.41) is 5.43. The fourth-order valence-corrected chi connectivity index (χ4v) is 1.96. The zero-order valence-corrected chi connectivity index (χ0v) is 9.78. The second-order valence-corrected chi connectivity index (χ2v) is 4.17. The minimum Gasteiger partial charge on any atom is -0.292 e. The molecule has 0 saturated carbocycles. The maximum absolute atomic E-state index is 12.0. The van der Waals surface area contributed by atoms with E-state index in [-0.39, 0.29) is 12.3 Å². The molecule has 3 nitrogen and oxygen atoms in total. The average Bonchev–Trinajstić information content (AvgIpc) is 2.82. The molecular weight excluding hydrogens is 224 g/mol. The van der Waals surface area contributed by atoms with Gasteiger partial charge in [0.1, 0.15) is 6.54 Å². The van der Waals surface area contributed by atoms with Gasteiger partial charge in [0.25, 0.3) is 0 Å². The van der Waals surface area contributed by atoms with Gasteiger partial charge in [0, 0.05) is 17.1 Å². The third-order valence-corrected chi connectivity index (χ3v) is 2.86. The number of carbonyl (C=O) groups excluding carboxylic acids is 1. The lowest BCUT2D eigenvalue weighted by Crippen LogP contribution is -2.10. The van der Waals surface area contributed by atoms with Crippen molar-refractivity contribution in [3.05, 3.63) is 66.4 Å². The van der Waals surface area contributed by atoms with Crippen molar-refractivity contribution in [3.63, 3.8) is 0 Å². The number of rotatable bonds is 3. The normalized spacial score (nSPS) is 10.7. The van der Waals surface area contributed by atoms with Crippen molar-refractivity contribution in [2.75, 3.05) is 0 Å². The topological polar surface area (TPSA) is 34.9 Å². The van der Waals surface area contributed by atoms with E-state index in [0.29, 0.717) is 0 Å². The molecule has 0 saturated heterocycles. The predicted molar refractivity (Wildman–Crippen MR) is 70.5 cm³/mol. The van der Waals surface area contributed by atoms with Crippen LogP contribution in [0.5, 0.6) is 0 Å². The van der Waals surface area contributed by atoms with E-state index in [1.165, 1.54) is 0 Å². The van der Waals surface area contributed by atoms with Gasteiger partial charge in [0.15, 0.2) is 5.78 Å². The summed E-state index contributed by atoms with van der Waals surface area (Å²) in [4.78, 5) is 12.0. The molecule has 3 rings (SSSR count). The number of nitrogens with zero attached hydrogens (tertiary/aromatic N) is 2. The lowest BCUT2D eigenvalue weighted by Gasteiger charge is -2.00. The Morgan fingerprint density at radius 1 is 1.00 bits per heavy atom. The van der Waals surface area contributed by atoms with Crippen LogP contribution in [0, 0.1) is 0 Å². The molecule has 0 atom stereocenters. The minimum absolute atomic E-state index is 0.0726. The van der Waals surface area contributed by atoms with Crippen LogP contribution in [0.15, 0.2) is 60.8 Å². The Morgan fingerprint density at radius 2 is 1.72 bits per heavy atom. The van der Waals surface area contributed by atoms with Gasteiger partial charge in [-0.25, -0.2) is 0 Å². The molecule has 0 aliphatic heterocycles. The van der Waals surface area contributed by atoms with Crippen LogP contribution in [0.2, 0.25) is 0 Å². The van der Waals surface area contributed by atoms with E-state index in [1.54, 1.807) is 4.68 Å². The van der Waals surface area contributed by atoms with E-state index in [4.69, 9.17) is 0 Å². The van der Waals surface area contributed by atoms with E-state index in [9.17, 15) is 4.79 Å². The summed E-state index contributed by atoms with van der Waals surface area (Å²) in [7, 11) is 0. The van der Waals surface area contributed by atoms with Gasteiger partial charge in [-0.15, -0.1) is 0 Å². The first kappa shape index (κ1) is 10.7. The number of aromatic nitrogens is 2. The number of ketones is 1. The molecule has 1 aromatic heterocycles. The van der Waals surface area contributed by atoms with Crippen molar-refractivity contribution in [1.29, 1.82) is 0 Å². The predicted octanol–water partition coefficient (Wildman–Crippen LogP) is 2.92. The van der Waals surface area contributed by atoms with Crippen molar-refractivity contribution in [1.82, 2.24) is 9.78 Å². The summed E-state index contributed by atoms with van der Waals surface area (Å²) in [6, 6.07) is 17.1. The van der Waals surface area contributed by atoms with Crippen molar-refractivity contribution in [2.45, 2.75) is 6.54 Å². The molecule has 18 heavy (non-hydrogen) atoms. The fraction of sp³-hybridized carbons (Fsp3) is 0.0667. The second-order valence-electron chi connectivity index (χ2n) is 4.17. The van der Waals surface area contributed by atoms with Gasteiger partial charge in [-0.3, -0.25) is 9.48 Å². The molecule has 2 aromatic carbocycles. The molecule has 3 aromatic rings. The summed E-state index contributed by atoms with van der Waals surface area (Å²) in [5.74, 6) is 0.0726. The van der Waals surface area contributed by atoms with Crippen LogP contribution in [0.4, 0.5) is 0 Å². The van der Waals surface area contributed by atoms with E-state index in [2.05, 4.69) is 5.10 Å². The molecule has 0 amide bonds. The molecule has 88 valence electrons. The SMILES string of the molecule is O=C(Cn1cc2ccccc2n1)c1ccccc1. The molecule has 0 fully saturated rings. The Morgan fingerprint density at radius 3 is 2.50 bits per heavy atom. The molecule has 0 aliphatic rings. The van der Waals surface area contributed by atoms with E-state index in [0.717, 1.165) is 16.5 Å². The number of hydrogen-bond donors (Lipinski definition) is 0. The standard InChI is InChI=1S/C15H12N2O/c18-15(12-6-2-1-3-7-12)11-17-10-13-8-4-5-9-14(13)16-17/h1-10H,11H2. The first-order valence-corrected chi connectivity index (χ1v) is 5.83. The van der Waals surface area contributed by atoms with Crippen LogP contribution >= 0.6 is 0 Å². The van der Waals surface area contributed by atoms with E-state index in [1.807, 2.05) is 60.8 Å². The molecule has 0 unspecified atom stereocenters. The molecule has 3 heteroatoms. The van der Waals surface area contributed by atoms with Crippen molar-refractivity contribution in [2.24, 2.45) is 0 Å². The highest BCUT2D eigenvalue weighted by Gasteiger charge is 2.07. The molecule has 0 N–H and O–H groups in total. The van der Waals surface area contributed by atoms with Crippen molar-refractivity contribution < 1.29 is 4.79 Å². The van der Waals surface area contributed by atoms with Gasteiger partial charge in [-0.2, -0.15) is 5.10 Å². The summed E-state index contributed by atoms with van der Waals surface area (Å²) in [6.07, 6.45) is 1.90. The summed E-state index contributed by atoms with van der Waals surface area (Å²) in [6.45, 7) is 0.276. The Kier molecular flexibility index (Phi) is 2.65. The summed E-state index contributed by atoms with van der Waals surface area (Å²) < 4.78 is 1.69. The monoisotopic (exact) mass is 236 g/mol. The fourth-order valence-electron chi connectivity index (χ4n) is 1.96. The smallest absolute Gasteiger partial charge is 0.184 e. The van der Waals surface area contributed by atoms with Gasteiger partial charge in [-0.05, 0) is 6.07 Å². The lowest BCUT2D eigenvalue weighted by atomic mass is 10.1. The number of fused-ring (bicyclic) bond motifs is 1. The highest BCUT2D eigenvalue weighted by molar-refractivity contribution is 5.96. The largest absolute Gasteiger partial charge is 0.292 e. The number of Topliss-reactive ketones (excluding diaryl/α,β-unsaturated/α-hetero) is 1. The highest BCUT2D eigenvalue weighted by Crippen LogP contribution is 2.11. The Bertz CT molecular complexity index is 653. The summed E-state index contributed by atoms with van der Waals surface area (Å²) >= 11 is 0. The summed E-state index contributed by atoms with van der Waals surface area (Å²) in [5.41, 5.74) is 1.63. The van der Waals surface area contributed by atoms with Gasteiger partial charge in [0.2, 0.25) is 0 Å². The molecule has 0 radical (unpaired) electrons. The highest BCUT2D eigenvalue weighted by atomic mass is 16.1. The number of carbonyl (C=O) groups is 1. The van der Waals surface area contributed by atoms with Crippen LogP contribution in [0.3, 0.4) is 0 Å². The zero-order valence-electron chi connectivity index (χ0n) is 9.78. The third kappa shape index (κ3) is 2.02. The average molecular weight is 236 g/mol. The Labute approximate surface area is 105 Å². The maximum Gasteiger partial charge on any atom is 0.184 e. The van der Waals surface area contributed by atoms with Crippen LogP contribution in [-0.4, -0.2) is 15.6 Å². The Hall–Kier alpha value is -2.42. The Balaban J connectivity index is 1.86. The van der Waals surface area contributed by atoms with Crippen LogP contribution < -0.4 is 0 Å². The molecule has 0 spiro atoms. The molecule has 1 heterocycles. The van der Waals surface area contributed by atoms with Gasteiger partial charge in [0.05, 0.1) is 5.52 Å². The second kappa shape index (κ2) is 4.45. The van der Waals surface area contributed by atoms with Crippen LogP contribution in [-0.2, 0) is 6.54 Å². The lowest BCUT2D eigenvalue weighted by molar-refractivity contribution is 0.0968. The van der Waals surface area contributed by atoms with E-state index < -0.39 is 0 Å². The van der Waals surface area contributed by atoms with Gasteiger partial charge < -0.3 is 0 Å². The maximum atomic E-state index is 12.0. The quantitative estimate of drug-likeness (QED) is 0.655. The molecular formula is C15H12N2O. The third-order valence-electron chi connectivity index (χ3n) is 2.86. The van der Waals surface area contributed by atoms with Crippen molar-refractivity contribution in [3.8, 4) is 0 Å². The van der Waals surface area contributed by atoms with Crippen LogP contribution in [0.1, 0.15) is 10.4 Å². The first-order valence-electron chi connectivity index (χ1n) is 5.83. The number of hydrogen-bond acceptors (Lipinski definition) is 2. The van der Waals surface area contributed by atoms with Crippen LogP contribution in [0.25, 0.3) is 10.9 Å². The zero-order chi connectivity index (χ0) is 12.4. The van der Waals surface area contributed by atoms with E-state index >= 15 is 0 Å². The van der Waals surface area contributed by atoms with Gasteiger partial charge >= 0.3 is 0 Å².